The Labute approximate surface area is 123 Å². The Bertz CT molecular complexity index is 747. The van der Waals surface area contributed by atoms with Crippen molar-refractivity contribution in [3.63, 3.8) is 0 Å². The van der Waals surface area contributed by atoms with E-state index in [0.29, 0.717) is 17.9 Å². The fourth-order valence-electron chi connectivity index (χ4n) is 1.86. The number of hydrogen-bond donors (Lipinski definition) is 0. The fraction of sp³-hybridized carbons (Fsp3) is 0.400. The molecule has 0 saturated heterocycles. The van der Waals surface area contributed by atoms with E-state index in [-0.39, 0.29) is 5.92 Å². The van der Waals surface area contributed by atoms with Crippen molar-refractivity contribution in [2.75, 3.05) is 13.3 Å². The van der Waals surface area contributed by atoms with Gasteiger partial charge >= 0.3 is 13.2 Å². The third-order valence-corrected chi connectivity index (χ3v) is 4.00. The van der Waals surface area contributed by atoms with Crippen molar-refractivity contribution in [1.82, 2.24) is 0 Å². The molecule has 2 rings (SSSR count). The minimum atomic E-state index is -3.19. The number of aryl methyl sites for hydroxylation is 1. The molecule has 5 nitrogen and oxygen atoms in total. The van der Waals surface area contributed by atoms with E-state index >= 15 is 0 Å². The second-order valence-corrected chi connectivity index (χ2v) is 7.44. The van der Waals surface area contributed by atoms with Crippen molar-refractivity contribution in [1.29, 1.82) is 0 Å². The summed E-state index contributed by atoms with van der Waals surface area (Å²) in [6.45, 7) is 7.54. The van der Waals surface area contributed by atoms with Crippen LogP contribution in [0.2, 0.25) is 0 Å². The summed E-state index contributed by atoms with van der Waals surface area (Å²) in [6.07, 6.45) is 0. The van der Waals surface area contributed by atoms with Gasteiger partial charge in [0.15, 0.2) is 0 Å². The van der Waals surface area contributed by atoms with Crippen molar-refractivity contribution < 1.29 is 18.0 Å². The molecule has 0 bridgehead atoms. The largest absolute Gasteiger partial charge is 0.424 e. The summed E-state index contributed by atoms with van der Waals surface area (Å²) in [6, 6.07) is 6.44. The van der Waals surface area contributed by atoms with E-state index in [1.54, 1.807) is 18.2 Å². The third kappa shape index (κ3) is 4.19. The second-order valence-electron chi connectivity index (χ2n) is 5.46. The Morgan fingerprint density at radius 3 is 2.67 bits per heavy atom. The van der Waals surface area contributed by atoms with E-state index in [9.17, 15) is 9.36 Å². The van der Waals surface area contributed by atoms with Gasteiger partial charge in [-0.25, -0.2) is 9.36 Å². The Kier molecular flexibility index (Phi) is 4.55. The maximum absolute atomic E-state index is 12.2. The van der Waals surface area contributed by atoms with E-state index in [1.165, 1.54) is 12.7 Å². The Balaban J connectivity index is 2.27. The first-order valence-corrected chi connectivity index (χ1v) is 8.72. The predicted octanol–water partition coefficient (Wildman–Crippen LogP) is 3.98. The van der Waals surface area contributed by atoms with E-state index in [0.717, 1.165) is 10.9 Å². The van der Waals surface area contributed by atoms with Gasteiger partial charge in [-0.2, -0.15) is 0 Å². The molecule has 0 saturated carbocycles. The molecule has 0 spiro atoms. The normalized spacial score (nSPS) is 14.3. The molecule has 6 heteroatoms. The molecule has 0 aliphatic carbocycles. The average Bonchev–Trinajstić information content (AvgIpc) is 2.35. The molecule has 0 aliphatic rings. The van der Waals surface area contributed by atoms with Crippen LogP contribution < -0.4 is 10.1 Å². The molecule has 0 fully saturated rings. The van der Waals surface area contributed by atoms with Gasteiger partial charge in [0, 0.05) is 24.2 Å². The Hall–Kier alpha value is -1.58. The lowest BCUT2D eigenvalue weighted by Crippen LogP contribution is -2.03. The quantitative estimate of drug-likeness (QED) is 0.617. The molecular formula is C15H19O5P. The zero-order chi connectivity index (χ0) is 15.6. The van der Waals surface area contributed by atoms with Crippen LogP contribution >= 0.6 is 7.60 Å². The van der Waals surface area contributed by atoms with Gasteiger partial charge < -0.3 is 8.94 Å². The molecule has 2 aromatic rings. The van der Waals surface area contributed by atoms with Gasteiger partial charge in [-0.1, -0.05) is 13.8 Å². The topological polar surface area (TPSA) is 65.7 Å². The standard InChI is InChI=1S/C15H19O5P/c1-10(2)9-18-21(4,17)20-12-5-6-13-11(3)7-15(16)19-14(13)8-12/h5-8,10H,9H2,1-4H3. The van der Waals surface area contributed by atoms with Crippen LogP contribution in [-0.4, -0.2) is 13.3 Å². The smallest absolute Gasteiger partial charge is 0.376 e. The van der Waals surface area contributed by atoms with Crippen LogP contribution in [0.4, 0.5) is 0 Å². The molecule has 114 valence electrons. The van der Waals surface area contributed by atoms with Crippen LogP contribution in [0, 0.1) is 12.8 Å². The summed E-state index contributed by atoms with van der Waals surface area (Å²) in [5.74, 6) is 0.616. The molecule has 1 heterocycles. The lowest BCUT2D eigenvalue weighted by Gasteiger charge is -2.16. The summed E-state index contributed by atoms with van der Waals surface area (Å²) in [5, 5.41) is 0.816. The van der Waals surface area contributed by atoms with Crippen LogP contribution in [0.1, 0.15) is 19.4 Å². The van der Waals surface area contributed by atoms with Crippen molar-refractivity contribution >= 4 is 18.6 Å². The summed E-state index contributed by atoms with van der Waals surface area (Å²) in [5.41, 5.74) is 0.804. The SMILES string of the molecule is Cc1cc(=O)oc2cc(OP(C)(=O)OCC(C)C)ccc12. The van der Waals surface area contributed by atoms with Gasteiger partial charge in [0.25, 0.3) is 0 Å². The van der Waals surface area contributed by atoms with Crippen molar-refractivity contribution in [3.05, 3.63) is 40.2 Å². The molecular weight excluding hydrogens is 291 g/mol. The van der Waals surface area contributed by atoms with Crippen LogP contribution in [0.3, 0.4) is 0 Å². The molecule has 21 heavy (non-hydrogen) atoms. The van der Waals surface area contributed by atoms with Crippen LogP contribution in [0.15, 0.2) is 33.5 Å². The predicted molar refractivity (Wildman–Crippen MR) is 82.2 cm³/mol. The first-order valence-electron chi connectivity index (χ1n) is 6.73. The lowest BCUT2D eigenvalue weighted by molar-refractivity contribution is 0.238. The first-order chi connectivity index (χ1) is 9.77. The zero-order valence-corrected chi connectivity index (χ0v) is 13.5. The van der Waals surface area contributed by atoms with Gasteiger partial charge in [-0.3, -0.25) is 4.52 Å². The van der Waals surface area contributed by atoms with Gasteiger partial charge in [0.2, 0.25) is 0 Å². The van der Waals surface area contributed by atoms with Crippen LogP contribution in [-0.2, 0) is 9.09 Å². The molecule has 0 amide bonds. The average molecular weight is 310 g/mol. The minimum Gasteiger partial charge on any atom is -0.424 e. The van der Waals surface area contributed by atoms with Crippen molar-refractivity contribution in [2.45, 2.75) is 20.8 Å². The van der Waals surface area contributed by atoms with Crippen LogP contribution in [0.5, 0.6) is 5.75 Å². The highest BCUT2D eigenvalue weighted by Crippen LogP contribution is 2.45. The summed E-state index contributed by atoms with van der Waals surface area (Å²) < 4.78 is 28.1. The van der Waals surface area contributed by atoms with Gasteiger partial charge in [-0.05, 0) is 30.5 Å². The lowest BCUT2D eigenvalue weighted by atomic mass is 10.1. The number of fused-ring (bicyclic) bond motifs is 1. The maximum Gasteiger partial charge on any atom is 0.376 e. The van der Waals surface area contributed by atoms with E-state index in [2.05, 4.69) is 0 Å². The molecule has 1 atom stereocenters. The summed E-state index contributed by atoms with van der Waals surface area (Å²) in [7, 11) is -3.19. The van der Waals surface area contributed by atoms with Gasteiger partial charge in [0.05, 0.1) is 6.61 Å². The second kappa shape index (κ2) is 6.04. The molecule has 0 radical (unpaired) electrons. The Morgan fingerprint density at radius 1 is 1.29 bits per heavy atom. The van der Waals surface area contributed by atoms with Crippen molar-refractivity contribution in [2.24, 2.45) is 5.92 Å². The van der Waals surface area contributed by atoms with E-state index in [4.69, 9.17) is 13.5 Å². The summed E-state index contributed by atoms with van der Waals surface area (Å²) in [4.78, 5) is 11.4. The van der Waals surface area contributed by atoms with Crippen LogP contribution in [0.25, 0.3) is 11.0 Å². The molecule has 0 aliphatic heterocycles. The maximum atomic E-state index is 12.2. The van der Waals surface area contributed by atoms with Crippen molar-refractivity contribution in [3.8, 4) is 5.75 Å². The highest BCUT2D eigenvalue weighted by atomic mass is 31.2. The molecule has 1 aromatic heterocycles. The van der Waals surface area contributed by atoms with E-state index < -0.39 is 13.2 Å². The number of hydrogen-bond acceptors (Lipinski definition) is 5. The van der Waals surface area contributed by atoms with Gasteiger partial charge in [0.1, 0.15) is 11.3 Å². The van der Waals surface area contributed by atoms with Gasteiger partial charge in [-0.15, -0.1) is 0 Å². The summed E-state index contributed by atoms with van der Waals surface area (Å²) >= 11 is 0. The zero-order valence-electron chi connectivity index (χ0n) is 12.6. The molecule has 1 aromatic carbocycles. The van der Waals surface area contributed by atoms with E-state index in [1.807, 2.05) is 20.8 Å². The third-order valence-electron chi connectivity index (χ3n) is 2.84. The Morgan fingerprint density at radius 2 is 2.00 bits per heavy atom. The first kappa shape index (κ1) is 15.8. The number of benzene rings is 1. The highest BCUT2D eigenvalue weighted by Gasteiger charge is 2.19. The highest BCUT2D eigenvalue weighted by molar-refractivity contribution is 7.53. The monoisotopic (exact) mass is 310 g/mol. The fourth-order valence-corrected chi connectivity index (χ4v) is 2.98. The molecule has 0 N–H and O–H groups in total. The minimum absolute atomic E-state index is 0.263. The molecule has 1 unspecified atom stereocenters. The number of rotatable bonds is 5.